The first-order chi connectivity index (χ1) is 7.92. The number of ether oxygens (including phenoxy) is 1. The largest absolute Gasteiger partial charge is 0.464 e. The molecule has 0 amide bonds. The lowest BCUT2D eigenvalue weighted by Crippen LogP contribution is -2.38. The summed E-state index contributed by atoms with van der Waals surface area (Å²) in [5, 5.41) is 0. The maximum Gasteiger partial charge on any atom is 0.339 e. The van der Waals surface area contributed by atoms with Gasteiger partial charge in [0.15, 0.2) is 5.78 Å². The number of esters is 1. The van der Waals surface area contributed by atoms with Crippen molar-refractivity contribution >= 4 is 39.3 Å². The van der Waals surface area contributed by atoms with E-state index in [9.17, 15) is 9.59 Å². The van der Waals surface area contributed by atoms with Crippen molar-refractivity contribution in [3.05, 3.63) is 34.3 Å². The fourth-order valence-electron chi connectivity index (χ4n) is 1.37. The monoisotopic (exact) mass is 318 g/mol. The number of Topliss-reactive ketones (excluding diaryl/α,β-unsaturated/α-hetero) is 1. The first kappa shape index (κ1) is 14.2. The molecule has 0 heterocycles. The normalized spacial score (nSPS) is 13.9. The average molecular weight is 320 g/mol. The molecule has 3 nitrogen and oxygen atoms in total. The van der Waals surface area contributed by atoms with Crippen LogP contribution in [0.4, 0.5) is 0 Å². The van der Waals surface area contributed by atoms with Gasteiger partial charge in [-0.25, -0.2) is 4.79 Å². The van der Waals surface area contributed by atoms with Gasteiger partial charge in [-0.3, -0.25) is 4.79 Å². The Morgan fingerprint density at radius 3 is 2.29 bits per heavy atom. The molecule has 0 spiro atoms. The standard InChI is InChI=1S/C12H12BrClO3/c1-3-17-11(16)12(14,8(2)15)9-4-6-10(13)7-5-9/h4-7H,3H2,1-2H3. The van der Waals surface area contributed by atoms with Crippen molar-refractivity contribution in [1.82, 2.24) is 0 Å². The summed E-state index contributed by atoms with van der Waals surface area (Å²) >= 11 is 9.41. The fraction of sp³-hybridized carbons (Fsp3) is 0.333. The molecule has 1 unspecified atom stereocenters. The molecule has 0 saturated heterocycles. The van der Waals surface area contributed by atoms with E-state index in [0.717, 1.165) is 4.47 Å². The van der Waals surface area contributed by atoms with Crippen LogP contribution in [0, 0.1) is 0 Å². The molecule has 1 atom stereocenters. The molecule has 0 saturated carbocycles. The van der Waals surface area contributed by atoms with Crippen LogP contribution in [0.1, 0.15) is 19.4 Å². The number of hydrogen-bond donors (Lipinski definition) is 0. The predicted octanol–water partition coefficient (Wildman–Crippen LogP) is 3.04. The number of carbonyl (C=O) groups is 2. The lowest BCUT2D eigenvalue weighted by atomic mass is 9.94. The Morgan fingerprint density at radius 1 is 1.35 bits per heavy atom. The van der Waals surface area contributed by atoms with Gasteiger partial charge in [-0.05, 0) is 31.5 Å². The second-order valence-corrected chi connectivity index (χ2v) is 4.92. The summed E-state index contributed by atoms with van der Waals surface area (Å²) in [6, 6.07) is 6.67. The Hall–Kier alpha value is -0.870. The van der Waals surface area contributed by atoms with Crippen molar-refractivity contribution in [3.8, 4) is 0 Å². The van der Waals surface area contributed by atoms with Gasteiger partial charge in [0.2, 0.25) is 4.87 Å². The second kappa shape index (κ2) is 5.65. The van der Waals surface area contributed by atoms with E-state index >= 15 is 0 Å². The maximum absolute atomic E-state index is 11.8. The molecule has 92 valence electrons. The van der Waals surface area contributed by atoms with Gasteiger partial charge >= 0.3 is 5.97 Å². The molecule has 1 aromatic carbocycles. The van der Waals surface area contributed by atoms with E-state index in [1.165, 1.54) is 6.92 Å². The molecule has 0 aliphatic rings. The molecular weight excluding hydrogens is 307 g/mol. The first-order valence-corrected chi connectivity index (χ1v) is 6.23. The summed E-state index contributed by atoms with van der Waals surface area (Å²) < 4.78 is 5.69. The summed E-state index contributed by atoms with van der Waals surface area (Å²) in [6.45, 7) is 3.11. The molecule has 1 rings (SSSR count). The number of benzene rings is 1. The number of ketones is 1. The van der Waals surface area contributed by atoms with Crippen LogP contribution in [0.2, 0.25) is 0 Å². The van der Waals surface area contributed by atoms with Gasteiger partial charge < -0.3 is 4.74 Å². The zero-order valence-corrected chi connectivity index (χ0v) is 11.8. The molecule has 0 aliphatic carbocycles. The summed E-state index contributed by atoms with van der Waals surface area (Å²) in [6.07, 6.45) is 0. The maximum atomic E-state index is 11.8. The van der Waals surface area contributed by atoms with Crippen molar-refractivity contribution < 1.29 is 14.3 Å². The minimum absolute atomic E-state index is 0.178. The summed E-state index contributed by atoms with van der Waals surface area (Å²) in [4.78, 5) is 21.7. The van der Waals surface area contributed by atoms with Gasteiger partial charge in [0.25, 0.3) is 0 Å². The van der Waals surface area contributed by atoms with Gasteiger partial charge in [0.05, 0.1) is 6.61 Å². The molecule has 0 bridgehead atoms. The molecule has 5 heteroatoms. The van der Waals surface area contributed by atoms with Gasteiger partial charge in [-0.15, -0.1) is 0 Å². The Bertz CT molecular complexity index is 430. The van der Waals surface area contributed by atoms with E-state index in [0.29, 0.717) is 5.56 Å². The van der Waals surface area contributed by atoms with E-state index in [2.05, 4.69) is 15.9 Å². The molecule has 0 aliphatic heterocycles. The molecule has 0 radical (unpaired) electrons. The molecule has 17 heavy (non-hydrogen) atoms. The molecule has 0 N–H and O–H groups in total. The number of halogens is 2. The highest BCUT2D eigenvalue weighted by Crippen LogP contribution is 2.32. The summed E-state index contributed by atoms with van der Waals surface area (Å²) in [7, 11) is 0. The van der Waals surface area contributed by atoms with Gasteiger partial charge in [0, 0.05) is 4.47 Å². The smallest absolute Gasteiger partial charge is 0.339 e. The van der Waals surface area contributed by atoms with Crippen LogP contribution in [0.15, 0.2) is 28.7 Å². The van der Waals surface area contributed by atoms with Crippen molar-refractivity contribution in [2.75, 3.05) is 6.61 Å². The average Bonchev–Trinajstić information content (AvgIpc) is 2.29. The Labute approximate surface area is 113 Å². The lowest BCUT2D eigenvalue weighted by molar-refractivity contribution is -0.149. The number of alkyl halides is 1. The number of carbonyl (C=O) groups excluding carboxylic acids is 2. The SMILES string of the molecule is CCOC(=O)C(Cl)(C(C)=O)c1ccc(Br)cc1. The highest BCUT2D eigenvalue weighted by molar-refractivity contribution is 9.10. The Kier molecular flexibility index (Phi) is 4.71. The van der Waals surface area contributed by atoms with E-state index in [-0.39, 0.29) is 6.61 Å². The van der Waals surface area contributed by atoms with E-state index in [1.807, 2.05) is 0 Å². The molecular formula is C12H12BrClO3. The van der Waals surface area contributed by atoms with Crippen molar-refractivity contribution in [2.24, 2.45) is 0 Å². The van der Waals surface area contributed by atoms with Crippen LogP contribution >= 0.6 is 27.5 Å². The second-order valence-electron chi connectivity index (χ2n) is 3.44. The molecule has 0 fully saturated rings. The minimum atomic E-state index is -1.75. The van der Waals surface area contributed by atoms with Gasteiger partial charge in [-0.1, -0.05) is 39.7 Å². The van der Waals surface area contributed by atoms with Crippen LogP contribution in [-0.4, -0.2) is 18.4 Å². The van der Waals surface area contributed by atoms with Gasteiger partial charge in [0.1, 0.15) is 0 Å². The summed E-state index contributed by atoms with van der Waals surface area (Å²) in [5.41, 5.74) is 0.410. The number of hydrogen-bond acceptors (Lipinski definition) is 3. The minimum Gasteiger partial charge on any atom is -0.464 e. The Balaban J connectivity index is 3.20. The number of rotatable bonds is 4. The quantitative estimate of drug-likeness (QED) is 0.487. The van der Waals surface area contributed by atoms with E-state index in [1.54, 1.807) is 31.2 Å². The van der Waals surface area contributed by atoms with Crippen LogP contribution in [0.3, 0.4) is 0 Å². The topological polar surface area (TPSA) is 43.4 Å². The zero-order valence-electron chi connectivity index (χ0n) is 9.50. The zero-order chi connectivity index (χ0) is 13.1. The lowest BCUT2D eigenvalue weighted by Gasteiger charge is -2.22. The van der Waals surface area contributed by atoms with Crippen LogP contribution < -0.4 is 0 Å². The molecule has 0 aromatic heterocycles. The van der Waals surface area contributed by atoms with E-state index in [4.69, 9.17) is 16.3 Å². The van der Waals surface area contributed by atoms with E-state index < -0.39 is 16.6 Å². The van der Waals surface area contributed by atoms with Crippen molar-refractivity contribution in [3.63, 3.8) is 0 Å². The Morgan fingerprint density at radius 2 is 1.88 bits per heavy atom. The van der Waals surface area contributed by atoms with Crippen LogP contribution in [0.25, 0.3) is 0 Å². The predicted molar refractivity (Wildman–Crippen MR) is 69.0 cm³/mol. The van der Waals surface area contributed by atoms with Crippen molar-refractivity contribution in [2.45, 2.75) is 18.7 Å². The summed E-state index contributed by atoms with van der Waals surface area (Å²) in [5.74, 6) is -1.20. The van der Waals surface area contributed by atoms with Crippen LogP contribution in [0.5, 0.6) is 0 Å². The highest BCUT2D eigenvalue weighted by atomic mass is 79.9. The van der Waals surface area contributed by atoms with Crippen LogP contribution in [-0.2, 0) is 19.2 Å². The molecule has 1 aromatic rings. The van der Waals surface area contributed by atoms with Crippen molar-refractivity contribution in [1.29, 1.82) is 0 Å². The third-order valence-electron chi connectivity index (χ3n) is 2.28. The van der Waals surface area contributed by atoms with Gasteiger partial charge in [-0.2, -0.15) is 0 Å². The fourth-order valence-corrected chi connectivity index (χ4v) is 1.82. The first-order valence-electron chi connectivity index (χ1n) is 5.06. The third kappa shape index (κ3) is 2.87. The highest BCUT2D eigenvalue weighted by Gasteiger charge is 2.44. The third-order valence-corrected chi connectivity index (χ3v) is 3.45.